The van der Waals surface area contributed by atoms with Gasteiger partial charge >= 0.3 is 0 Å². The van der Waals surface area contributed by atoms with E-state index in [9.17, 15) is 0 Å². The molecule has 0 saturated heterocycles. The molecule has 0 aliphatic heterocycles. The Morgan fingerprint density at radius 1 is 0.422 bits per heavy atom. The molecule has 0 saturated carbocycles. The van der Waals surface area contributed by atoms with Gasteiger partial charge in [0.15, 0.2) is 0 Å². The van der Waals surface area contributed by atoms with Crippen LogP contribution in [0.1, 0.15) is 73.6 Å². The Kier molecular flexibility index (Phi) is 8.40. The van der Waals surface area contributed by atoms with E-state index in [0.717, 1.165) is 22.5 Å². The fourth-order valence-electron chi connectivity index (χ4n) is 11.2. The van der Waals surface area contributed by atoms with Crippen LogP contribution in [0.15, 0.2) is 211 Å². The Balaban J connectivity index is 1.08. The van der Waals surface area contributed by atoms with Crippen molar-refractivity contribution in [3.63, 3.8) is 0 Å². The highest BCUT2D eigenvalue weighted by Gasteiger charge is 2.46. The number of furan rings is 1. The summed E-state index contributed by atoms with van der Waals surface area (Å²) in [6.45, 7) is 11.6. The van der Waals surface area contributed by atoms with E-state index < -0.39 is 5.41 Å². The maximum atomic E-state index is 6.64. The molecule has 0 radical (unpaired) electrons. The fourth-order valence-corrected chi connectivity index (χ4v) is 11.2. The summed E-state index contributed by atoms with van der Waals surface area (Å²) < 4.78 is 6.64. The van der Waals surface area contributed by atoms with Gasteiger partial charge in [-0.2, -0.15) is 0 Å². The van der Waals surface area contributed by atoms with Gasteiger partial charge in [0.05, 0.1) is 11.1 Å². The van der Waals surface area contributed by atoms with Gasteiger partial charge in [0.25, 0.3) is 0 Å². The van der Waals surface area contributed by atoms with Gasteiger partial charge in [0.2, 0.25) is 0 Å². The minimum atomic E-state index is -0.523. The number of anilines is 3. The first kappa shape index (κ1) is 38.3. The Hall–Kier alpha value is -7.42. The van der Waals surface area contributed by atoms with Gasteiger partial charge in [0.1, 0.15) is 11.2 Å². The second-order valence-corrected chi connectivity index (χ2v) is 19.3. The number of benzene rings is 9. The van der Waals surface area contributed by atoms with Crippen LogP contribution in [0.5, 0.6) is 0 Å². The molecule has 0 fully saturated rings. The molecule has 1 heterocycles. The van der Waals surface area contributed by atoms with Gasteiger partial charge in [-0.05, 0) is 132 Å². The predicted molar refractivity (Wildman–Crippen MR) is 267 cm³/mol. The van der Waals surface area contributed by atoms with E-state index in [1.807, 2.05) is 0 Å². The van der Waals surface area contributed by atoms with Crippen LogP contribution < -0.4 is 4.90 Å². The normalized spacial score (nSPS) is 14.3. The van der Waals surface area contributed by atoms with Crippen molar-refractivity contribution in [3.8, 4) is 33.4 Å². The summed E-state index contributed by atoms with van der Waals surface area (Å²) in [7, 11) is 0. The predicted octanol–water partition coefficient (Wildman–Crippen LogP) is 16.7. The summed E-state index contributed by atoms with van der Waals surface area (Å²) in [5, 5.41) is 2.35. The van der Waals surface area contributed by atoms with Crippen LogP contribution in [0.3, 0.4) is 0 Å². The van der Waals surface area contributed by atoms with Gasteiger partial charge in [0, 0.05) is 27.6 Å². The molecule has 10 aromatic rings. The molecule has 2 nitrogen and oxygen atoms in total. The lowest BCUT2D eigenvalue weighted by molar-refractivity contribution is 0.590. The van der Waals surface area contributed by atoms with Crippen molar-refractivity contribution in [2.75, 3.05) is 4.90 Å². The number of fused-ring (bicyclic) bond motifs is 9. The molecule has 12 rings (SSSR count). The van der Waals surface area contributed by atoms with Gasteiger partial charge in [-0.25, -0.2) is 0 Å². The third-order valence-corrected chi connectivity index (χ3v) is 14.3. The molecule has 2 aliphatic carbocycles. The molecular weight excluding hydrogens is 775 g/mol. The highest BCUT2D eigenvalue weighted by atomic mass is 16.3. The quantitative estimate of drug-likeness (QED) is 0.166. The maximum Gasteiger partial charge on any atom is 0.136 e. The van der Waals surface area contributed by atoms with E-state index in [2.05, 4.69) is 246 Å². The number of nitrogens with zero attached hydrogens (tertiary/aromatic N) is 1. The molecule has 0 spiro atoms. The van der Waals surface area contributed by atoms with Crippen molar-refractivity contribution in [1.29, 1.82) is 0 Å². The Bertz CT molecular complexity index is 3390. The van der Waals surface area contributed by atoms with Gasteiger partial charge in [-0.1, -0.05) is 186 Å². The molecular formula is C62H49NO. The Morgan fingerprint density at radius 3 is 1.72 bits per heavy atom. The summed E-state index contributed by atoms with van der Waals surface area (Å²) in [5.41, 5.74) is 20.9. The van der Waals surface area contributed by atoms with Crippen LogP contribution in [0, 0.1) is 0 Å². The van der Waals surface area contributed by atoms with E-state index in [-0.39, 0.29) is 10.8 Å². The molecule has 308 valence electrons. The second kappa shape index (κ2) is 14.0. The van der Waals surface area contributed by atoms with Crippen molar-refractivity contribution >= 4 is 39.0 Å². The van der Waals surface area contributed by atoms with Crippen LogP contribution in [0.4, 0.5) is 17.1 Å². The standard InChI is InChI=1S/C62H49NO/c1-60(2,3)43-32-35-57-51(37-43)52-38-55-50(39-58(52)64-57)49-26-17-29-56(59(49)61(55,4)5)63(45-33-30-41(31-34-45)40-18-8-6-9-19-40)46-23-16-22-44(36-46)62(42-20-10-7-11-21-42)53-27-14-12-24-47(53)48-25-13-15-28-54(48)62/h6-39H,1-5H3. The van der Waals surface area contributed by atoms with E-state index in [0.29, 0.717) is 0 Å². The van der Waals surface area contributed by atoms with Crippen molar-refractivity contribution in [3.05, 3.63) is 245 Å². The highest BCUT2D eigenvalue weighted by Crippen LogP contribution is 2.58. The van der Waals surface area contributed by atoms with Gasteiger partial charge in [-0.15, -0.1) is 0 Å². The summed E-state index contributed by atoms with van der Waals surface area (Å²) in [6, 6.07) is 76.5. The third-order valence-electron chi connectivity index (χ3n) is 14.3. The molecule has 0 bridgehead atoms. The average Bonchev–Trinajstić information content (AvgIpc) is 3.92. The smallest absolute Gasteiger partial charge is 0.136 e. The van der Waals surface area contributed by atoms with Crippen LogP contribution in [0.2, 0.25) is 0 Å². The first-order valence-electron chi connectivity index (χ1n) is 22.6. The molecule has 0 amide bonds. The minimum absolute atomic E-state index is 0.0320. The van der Waals surface area contributed by atoms with Crippen molar-refractivity contribution in [2.24, 2.45) is 0 Å². The molecule has 1 aromatic heterocycles. The lowest BCUT2D eigenvalue weighted by Crippen LogP contribution is -2.29. The van der Waals surface area contributed by atoms with Crippen molar-refractivity contribution in [2.45, 2.75) is 50.9 Å². The zero-order valence-electron chi connectivity index (χ0n) is 37.0. The summed E-state index contributed by atoms with van der Waals surface area (Å²) in [6.07, 6.45) is 0. The topological polar surface area (TPSA) is 16.4 Å². The zero-order chi connectivity index (χ0) is 43.4. The minimum Gasteiger partial charge on any atom is -0.456 e. The first-order valence-corrected chi connectivity index (χ1v) is 22.6. The Labute approximate surface area is 376 Å². The van der Waals surface area contributed by atoms with E-state index in [1.54, 1.807) is 0 Å². The lowest BCUT2D eigenvalue weighted by Gasteiger charge is -2.36. The molecule has 0 atom stereocenters. The second-order valence-electron chi connectivity index (χ2n) is 19.3. The number of hydrogen-bond acceptors (Lipinski definition) is 2. The summed E-state index contributed by atoms with van der Waals surface area (Å²) in [4.78, 5) is 2.51. The number of rotatable bonds is 6. The molecule has 9 aromatic carbocycles. The van der Waals surface area contributed by atoms with E-state index in [4.69, 9.17) is 4.42 Å². The maximum absolute atomic E-state index is 6.64. The van der Waals surface area contributed by atoms with Crippen LogP contribution in [0.25, 0.3) is 55.3 Å². The molecule has 64 heavy (non-hydrogen) atoms. The van der Waals surface area contributed by atoms with Crippen molar-refractivity contribution in [1.82, 2.24) is 0 Å². The number of hydrogen-bond donors (Lipinski definition) is 0. The SMILES string of the molecule is CC(C)(C)c1ccc2oc3cc4c(cc3c2c1)C(C)(C)c1c-4cccc1N(c1ccc(-c2ccccc2)cc1)c1cccc(C2(c3ccccc3)c3ccccc3-c3ccccc32)c1. The van der Waals surface area contributed by atoms with Crippen LogP contribution >= 0.6 is 0 Å². The monoisotopic (exact) mass is 823 g/mol. The molecule has 2 heteroatoms. The van der Waals surface area contributed by atoms with Gasteiger partial charge < -0.3 is 9.32 Å². The average molecular weight is 824 g/mol. The van der Waals surface area contributed by atoms with Crippen LogP contribution in [-0.2, 0) is 16.2 Å². The zero-order valence-corrected chi connectivity index (χ0v) is 37.0. The molecule has 2 aliphatic rings. The molecule has 0 unspecified atom stereocenters. The summed E-state index contributed by atoms with van der Waals surface area (Å²) in [5.74, 6) is 0. The summed E-state index contributed by atoms with van der Waals surface area (Å²) >= 11 is 0. The fraction of sp³-hybridized carbons (Fsp3) is 0.129. The highest BCUT2D eigenvalue weighted by molar-refractivity contribution is 6.08. The lowest BCUT2D eigenvalue weighted by atomic mass is 9.67. The largest absolute Gasteiger partial charge is 0.456 e. The van der Waals surface area contributed by atoms with Crippen LogP contribution in [-0.4, -0.2) is 0 Å². The third kappa shape index (κ3) is 5.58. The molecule has 0 N–H and O–H groups in total. The van der Waals surface area contributed by atoms with E-state index in [1.165, 1.54) is 88.8 Å². The first-order chi connectivity index (χ1) is 31.1. The van der Waals surface area contributed by atoms with E-state index >= 15 is 0 Å². The van der Waals surface area contributed by atoms with Gasteiger partial charge in [-0.3, -0.25) is 0 Å². The van der Waals surface area contributed by atoms with Crippen molar-refractivity contribution < 1.29 is 4.42 Å². The Morgan fingerprint density at radius 2 is 1.02 bits per heavy atom.